The van der Waals surface area contributed by atoms with Crippen molar-refractivity contribution in [3.8, 4) is 0 Å². The number of rotatable bonds is 8. The van der Waals surface area contributed by atoms with Crippen LogP contribution in [-0.2, 0) is 4.74 Å². The average Bonchev–Trinajstić information content (AvgIpc) is 3.61. The van der Waals surface area contributed by atoms with Crippen molar-refractivity contribution in [2.24, 2.45) is 0 Å². The zero-order valence-electron chi connectivity index (χ0n) is 26.6. The van der Waals surface area contributed by atoms with E-state index in [0.29, 0.717) is 43.1 Å². The van der Waals surface area contributed by atoms with Crippen LogP contribution in [0.1, 0.15) is 87.0 Å². The number of halogens is 2. The van der Waals surface area contributed by atoms with Crippen LogP contribution in [0, 0.1) is 11.6 Å². The van der Waals surface area contributed by atoms with Crippen molar-refractivity contribution in [1.82, 2.24) is 30.3 Å². The molecule has 2 amide bonds. The van der Waals surface area contributed by atoms with Crippen LogP contribution in [0.3, 0.4) is 0 Å². The molecule has 0 radical (unpaired) electrons. The van der Waals surface area contributed by atoms with E-state index in [1.54, 1.807) is 25.7 Å². The fourth-order valence-corrected chi connectivity index (χ4v) is 6.25. The van der Waals surface area contributed by atoms with Gasteiger partial charge in [0.25, 0.3) is 5.91 Å². The van der Waals surface area contributed by atoms with Crippen molar-refractivity contribution in [3.63, 3.8) is 0 Å². The molecule has 1 saturated carbocycles. The fourth-order valence-electron chi connectivity index (χ4n) is 6.25. The standard InChI is InChI=1S/C32H40F2N8O4/c1-5-42(22-10-12-40(13-11-22)30-38-27(39-46-30)19-6-7-19)28(43)20-15-35-29(36-16-20)41-17-24(23-14-21(33)8-9-25(23)34)26(18-41)37-31(44)45-32(2,3)4/h8-9,14-16,19,22,24,26H,5-7,10-13,17-18H2,1-4H3,(H,37,44)/t24-,26?/m1/s1. The molecule has 3 aromatic rings. The average molecular weight is 639 g/mol. The van der Waals surface area contributed by atoms with Gasteiger partial charge in [0, 0.05) is 63.0 Å². The van der Waals surface area contributed by atoms with E-state index in [4.69, 9.17) is 9.26 Å². The predicted octanol–water partition coefficient (Wildman–Crippen LogP) is 4.64. The monoisotopic (exact) mass is 638 g/mol. The van der Waals surface area contributed by atoms with Crippen LogP contribution in [0.5, 0.6) is 0 Å². The number of aromatic nitrogens is 4. The largest absolute Gasteiger partial charge is 0.444 e. The highest BCUT2D eigenvalue weighted by molar-refractivity contribution is 5.94. The number of anilines is 2. The van der Waals surface area contributed by atoms with Crippen molar-refractivity contribution in [1.29, 1.82) is 0 Å². The maximum Gasteiger partial charge on any atom is 0.407 e. The quantitative estimate of drug-likeness (QED) is 0.372. The molecular weight excluding hydrogens is 598 g/mol. The van der Waals surface area contributed by atoms with Crippen LogP contribution in [0.25, 0.3) is 0 Å². The summed E-state index contributed by atoms with van der Waals surface area (Å²) in [7, 11) is 0. The van der Waals surface area contributed by atoms with Gasteiger partial charge in [-0.25, -0.2) is 23.5 Å². The summed E-state index contributed by atoms with van der Waals surface area (Å²) in [6, 6.07) is 3.26. The lowest BCUT2D eigenvalue weighted by molar-refractivity contribution is 0.0504. The molecule has 2 aliphatic heterocycles. The second-order valence-corrected chi connectivity index (χ2v) is 13.2. The Morgan fingerprint density at radius 1 is 1.07 bits per heavy atom. The van der Waals surface area contributed by atoms with Crippen molar-refractivity contribution in [3.05, 3.63) is 59.2 Å². The zero-order chi connectivity index (χ0) is 32.6. The van der Waals surface area contributed by atoms with Crippen LogP contribution in [0.2, 0.25) is 0 Å². The Kier molecular flexibility index (Phi) is 8.80. The molecule has 14 heteroatoms. The lowest BCUT2D eigenvalue weighted by Crippen LogP contribution is -2.47. The summed E-state index contributed by atoms with van der Waals surface area (Å²) in [6.45, 7) is 9.58. The third kappa shape index (κ3) is 7.05. The minimum absolute atomic E-state index is 0.0411. The molecule has 0 spiro atoms. The van der Waals surface area contributed by atoms with Crippen molar-refractivity contribution in [2.45, 2.75) is 82.9 Å². The molecule has 0 bridgehead atoms. The highest BCUT2D eigenvalue weighted by Gasteiger charge is 2.39. The molecule has 2 aromatic heterocycles. The molecule has 1 aromatic carbocycles. The van der Waals surface area contributed by atoms with Gasteiger partial charge in [-0.3, -0.25) is 4.79 Å². The van der Waals surface area contributed by atoms with Crippen LogP contribution in [0.15, 0.2) is 35.1 Å². The maximum absolute atomic E-state index is 14.9. The van der Waals surface area contributed by atoms with Crippen LogP contribution >= 0.6 is 0 Å². The van der Waals surface area contributed by atoms with E-state index in [1.807, 2.05) is 11.8 Å². The third-order valence-electron chi connectivity index (χ3n) is 8.70. The molecule has 4 heterocycles. The molecule has 6 rings (SSSR count). The number of hydrogen-bond donors (Lipinski definition) is 1. The number of benzene rings is 1. The van der Waals surface area contributed by atoms with Gasteiger partial charge in [0.2, 0.25) is 5.95 Å². The Morgan fingerprint density at radius 2 is 1.78 bits per heavy atom. The zero-order valence-corrected chi connectivity index (χ0v) is 26.6. The number of ether oxygens (including phenoxy) is 1. The van der Waals surface area contributed by atoms with Gasteiger partial charge >= 0.3 is 12.1 Å². The number of hydrogen-bond acceptors (Lipinski definition) is 10. The summed E-state index contributed by atoms with van der Waals surface area (Å²) in [5, 5.41) is 6.93. The number of nitrogens with zero attached hydrogens (tertiary/aromatic N) is 7. The number of amides is 2. The predicted molar refractivity (Wildman–Crippen MR) is 165 cm³/mol. The number of piperidine rings is 1. The van der Waals surface area contributed by atoms with Crippen LogP contribution < -0.4 is 15.1 Å². The van der Waals surface area contributed by atoms with E-state index in [1.165, 1.54) is 12.4 Å². The molecule has 1 N–H and O–H groups in total. The summed E-state index contributed by atoms with van der Waals surface area (Å²) < 4.78 is 39.9. The highest BCUT2D eigenvalue weighted by atomic mass is 19.1. The van der Waals surface area contributed by atoms with E-state index in [0.717, 1.165) is 49.7 Å². The van der Waals surface area contributed by atoms with E-state index in [-0.39, 0.29) is 30.6 Å². The summed E-state index contributed by atoms with van der Waals surface area (Å²) in [6.07, 6.45) is 6.07. The Balaban J connectivity index is 1.11. The second kappa shape index (κ2) is 12.8. The molecule has 2 saturated heterocycles. The van der Waals surface area contributed by atoms with E-state index < -0.39 is 35.3 Å². The molecule has 46 heavy (non-hydrogen) atoms. The molecule has 3 fully saturated rings. The van der Waals surface area contributed by atoms with Gasteiger partial charge < -0.3 is 29.3 Å². The Labute approximate surface area is 266 Å². The van der Waals surface area contributed by atoms with E-state index in [2.05, 4.69) is 30.3 Å². The molecule has 12 nitrogen and oxygen atoms in total. The SMILES string of the molecule is CCN(C(=O)c1cnc(N2CC(NC(=O)OC(C)(C)C)[C@@H](c3cc(F)ccc3F)C2)nc1)C1CCN(c2nc(C3CC3)no2)CC1. The first-order chi connectivity index (χ1) is 22.0. The van der Waals surface area contributed by atoms with Gasteiger partial charge in [-0.05, 0) is 77.1 Å². The minimum atomic E-state index is -0.732. The molecule has 246 valence electrons. The fraction of sp³-hybridized carbons (Fsp3) is 0.562. The Bertz CT molecular complexity index is 1550. The first-order valence-corrected chi connectivity index (χ1v) is 15.9. The molecular formula is C32H40F2N8O4. The lowest BCUT2D eigenvalue weighted by atomic mass is 9.94. The van der Waals surface area contributed by atoms with E-state index in [9.17, 15) is 18.4 Å². The molecule has 1 unspecified atom stereocenters. The maximum atomic E-state index is 14.9. The molecule has 1 aliphatic carbocycles. The summed E-state index contributed by atoms with van der Waals surface area (Å²) in [4.78, 5) is 45.4. The first-order valence-electron chi connectivity index (χ1n) is 15.9. The van der Waals surface area contributed by atoms with Gasteiger partial charge in [-0.15, -0.1) is 0 Å². The van der Waals surface area contributed by atoms with Crippen molar-refractivity contribution in [2.75, 3.05) is 42.5 Å². The first kappa shape index (κ1) is 31.6. The Morgan fingerprint density at radius 3 is 2.43 bits per heavy atom. The number of nitrogens with one attached hydrogen (secondary N) is 1. The van der Waals surface area contributed by atoms with Gasteiger partial charge in [-0.1, -0.05) is 5.16 Å². The third-order valence-corrected chi connectivity index (χ3v) is 8.70. The lowest BCUT2D eigenvalue weighted by Gasteiger charge is -2.37. The Hall–Kier alpha value is -4.36. The molecule has 3 aliphatic rings. The molecule has 2 atom stereocenters. The normalized spacial score (nSPS) is 20.6. The topological polar surface area (TPSA) is 130 Å². The van der Waals surface area contributed by atoms with Gasteiger partial charge in [0.15, 0.2) is 5.82 Å². The van der Waals surface area contributed by atoms with Gasteiger partial charge in [-0.2, -0.15) is 4.98 Å². The number of carbonyl (C=O) groups is 2. The summed E-state index contributed by atoms with van der Waals surface area (Å²) in [5.41, 5.74) is -0.235. The van der Waals surface area contributed by atoms with Gasteiger partial charge in [0.05, 0.1) is 11.6 Å². The number of alkyl carbamates (subject to hydrolysis) is 1. The minimum Gasteiger partial charge on any atom is -0.444 e. The van der Waals surface area contributed by atoms with E-state index >= 15 is 0 Å². The summed E-state index contributed by atoms with van der Waals surface area (Å²) >= 11 is 0. The summed E-state index contributed by atoms with van der Waals surface area (Å²) in [5.74, 6) is -0.380. The van der Waals surface area contributed by atoms with Crippen LogP contribution in [-0.4, -0.2) is 87.4 Å². The highest BCUT2D eigenvalue weighted by Crippen LogP contribution is 2.39. The van der Waals surface area contributed by atoms with Crippen LogP contribution in [0.4, 0.5) is 25.5 Å². The number of carbonyl (C=O) groups excluding carboxylic acids is 2. The van der Waals surface area contributed by atoms with Gasteiger partial charge in [0.1, 0.15) is 17.2 Å². The second-order valence-electron chi connectivity index (χ2n) is 13.2. The van der Waals surface area contributed by atoms with Crippen molar-refractivity contribution >= 4 is 24.0 Å². The van der Waals surface area contributed by atoms with Crippen molar-refractivity contribution < 1.29 is 27.6 Å². The smallest absolute Gasteiger partial charge is 0.407 e.